The van der Waals surface area contributed by atoms with Gasteiger partial charge in [-0.15, -0.1) is 11.8 Å². The topological polar surface area (TPSA) is 43.6 Å². The van der Waals surface area contributed by atoms with E-state index in [-0.39, 0.29) is 5.97 Å². The van der Waals surface area contributed by atoms with Crippen molar-refractivity contribution in [3.63, 3.8) is 0 Å². The molecule has 0 aliphatic rings. The summed E-state index contributed by atoms with van der Waals surface area (Å²) >= 11 is 1.64. The Hall–Kier alpha value is -1.49. The molecule has 16 heavy (non-hydrogen) atoms. The predicted octanol–water partition coefficient (Wildman–Crippen LogP) is 1.99. The molecule has 2 aromatic rings. The summed E-state index contributed by atoms with van der Waals surface area (Å²) in [5.41, 5.74) is 0.928. The number of thioether (sulfide) groups is 1. The van der Waals surface area contributed by atoms with Crippen LogP contribution >= 0.6 is 11.8 Å². The highest BCUT2D eigenvalue weighted by molar-refractivity contribution is 7.99. The Kier molecular flexibility index (Phi) is 3.46. The third-order valence-electron chi connectivity index (χ3n) is 2.03. The molecular weight excluding hydrogens is 224 g/mol. The fourth-order valence-corrected chi connectivity index (χ4v) is 2.21. The Morgan fingerprint density at radius 2 is 2.44 bits per heavy atom. The van der Waals surface area contributed by atoms with Gasteiger partial charge in [-0.3, -0.25) is 9.20 Å². The van der Waals surface area contributed by atoms with Crippen molar-refractivity contribution in [1.82, 2.24) is 9.38 Å². The van der Waals surface area contributed by atoms with Gasteiger partial charge in [0, 0.05) is 25.1 Å². The molecule has 0 aromatic carbocycles. The second kappa shape index (κ2) is 5.03. The third-order valence-corrected chi connectivity index (χ3v) is 3.03. The van der Waals surface area contributed by atoms with Gasteiger partial charge in [-0.2, -0.15) is 0 Å². The van der Waals surface area contributed by atoms with E-state index in [1.54, 1.807) is 18.0 Å². The first-order valence-corrected chi connectivity index (χ1v) is 5.94. The molecule has 0 spiro atoms. The van der Waals surface area contributed by atoms with Crippen molar-refractivity contribution in [2.45, 2.75) is 11.9 Å². The highest BCUT2D eigenvalue weighted by atomic mass is 32.2. The number of nitrogens with zero attached hydrogens (tertiary/aromatic N) is 2. The molecule has 2 aromatic heterocycles. The summed E-state index contributed by atoms with van der Waals surface area (Å²) in [4.78, 5) is 14.8. The molecule has 0 saturated carbocycles. The number of aromatic nitrogens is 2. The monoisotopic (exact) mass is 236 g/mol. The Labute approximate surface area is 97.6 Å². The van der Waals surface area contributed by atoms with Crippen molar-refractivity contribution in [2.24, 2.45) is 0 Å². The van der Waals surface area contributed by atoms with E-state index < -0.39 is 0 Å². The summed E-state index contributed by atoms with van der Waals surface area (Å²) in [6, 6.07) is 5.94. The predicted molar refractivity (Wildman–Crippen MR) is 62.5 cm³/mol. The summed E-state index contributed by atoms with van der Waals surface area (Å²) in [5, 5.41) is 1.10. The van der Waals surface area contributed by atoms with Crippen LogP contribution in [-0.2, 0) is 9.53 Å². The lowest BCUT2D eigenvalue weighted by molar-refractivity contribution is -0.140. The lowest BCUT2D eigenvalue weighted by atomic mass is 10.5. The van der Waals surface area contributed by atoms with Crippen molar-refractivity contribution >= 4 is 23.4 Å². The molecule has 0 amide bonds. The van der Waals surface area contributed by atoms with Crippen LogP contribution in [0.15, 0.2) is 35.6 Å². The van der Waals surface area contributed by atoms with Crippen LogP contribution in [0.25, 0.3) is 5.65 Å². The van der Waals surface area contributed by atoms with Gasteiger partial charge < -0.3 is 4.74 Å². The molecule has 2 heterocycles. The van der Waals surface area contributed by atoms with E-state index in [1.807, 2.05) is 28.8 Å². The van der Waals surface area contributed by atoms with Crippen molar-refractivity contribution in [3.05, 3.63) is 30.6 Å². The first-order valence-electron chi connectivity index (χ1n) is 4.95. The largest absolute Gasteiger partial charge is 0.465 e. The molecule has 0 aliphatic carbocycles. The molecule has 0 aliphatic heterocycles. The molecule has 5 heteroatoms. The van der Waals surface area contributed by atoms with E-state index in [1.165, 1.54) is 6.92 Å². The summed E-state index contributed by atoms with van der Waals surface area (Å²) in [6.45, 7) is 1.85. The number of hydrogen-bond donors (Lipinski definition) is 0. The molecule has 0 bridgehead atoms. The van der Waals surface area contributed by atoms with Gasteiger partial charge in [-0.05, 0) is 12.1 Å². The highest BCUT2D eigenvalue weighted by Gasteiger charge is 2.01. The molecule has 4 nitrogen and oxygen atoms in total. The average molecular weight is 236 g/mol. The summed E-state index contributed by atoms with van der Waals surface area (Å²) in [6.07, 6.45) is 3.69. The highest BCUT2D eigenvalue weighted by Crippen LogP contribution is 2.18. The van der Waals surface area contributed by atoms with Crippen LogP contribution in [0.5, 0.6) is 0 Å². The van der Waals surface area contributed by atoms with E-state index in [0.29, 0.717) is 6.61 Å². The van der Waals surface area contributed by atoms with E-state index in [4.69, 9.17) is 4.74 Å². The number of esters is 1. The maximum Gasteiger partial charge on any atom is 0.302 e. The Bertz CT molecular complexity index is 495. The van der Waals surface area contributed by atoms with Crippen molar-refractivity contribution in [2.75, 3.05) is 12.4 Å². The fourth-order valence-electron chi connectivity index (χ4n) is 1.37. The normalized spacial score (nSPS) is 10.6. The van der Waals surface area contributed by atoms with Gasteiger partial charge in [-0.1, -0.05) is 6.07 Å². The Morgan fingerprint density at radius 1 is 1.56 bits per heavy atom. The van der Waals surface area contributed by atoms with Crippen molar-refractivity contribution in [1.29, 1.82) is 0 Å². The lowest BCUT2D eigenvalue weighted by Gasteiger charge is -2.04. The van der Waals surface area contributed by atoms with Gasteiger partial charge >= 0.3 is 5.97 Å². The fraction of sp³-hybridized carbons (Fsp3) is 0.273. The standard InChI is InChI=1S/C11H12N2O2S/c1-9(14)15-7-8-16-11-4-2-3-10-12-5-6-13(10)11/h2-6H,7-8H2,1H3. The van der Waals surface area contributed by atoms with Crippen LogP contribution in [0.4, 0.5) is 0 Å². The van der Waals surface area contributed by atoms with Crippen LogP contribution < -0.4 is 0 Å². The number of imidazole rings is 1. The molecule has 0 radical (unpaired) electrons. The number of fused-ring (bicyclic) bond motifs is 1. The number of ether oxygens (including phenoxy) is 1. The molecule has 0 atom stereocenters. The number of rotatable bonds is 4. The molecule has 0 N–H and O–H groups in total. The van der Waals surface area contributed by atoms with Crippen LogP contribution in [0.1, 0.15) is 6.92 Å². The molecular formula is C11H12N2O2S. The summed E-state index contributed by atoms with van der Waals surface area (Å²) < 4.78 is 6.88. The van der Waals surface area contributed by atoms with Crippen LogP contribution in [0.2, 0.25) is 0 Å². The van der Waals surface area contributed by atoms with E-state index in [9.17, 15) is 4.79 Å². The Balaban J connectivity index is 1.98. The van der Waals surface area contributed by atoms with Gasteiger partial charge in [0.15, 0.2) is 0 Å². The minimum Gasteiger partial charge on any atom is -0.465 e. The molecule has 84 valence electrons. The minimum atomic E-state index is -0.235. The van der Waals surface area contributed by atoms with Crippen LogP contribution in [0.3, 0.4) is 0 Å². The first-order chi connectivity index (χ1) is 7.77. The van der Waals surface area contributed by atoms with Crippen LogP contribution in [-0.4, -0.2) is 27.7 Å². The van der Waals surface area contributed by atoms with Crippen molar-refractivity contribution < 1.29 is 9.53 Å². The van der Waals surface area contributed by atoms with Crippen molar-refractivity contribution in [3.8, 4) is 0 Å². The average Bonchev–Trinajstić information content (AvgIpc) is 2.72. The molecule has 0 fully saturated rings. The van der Waals surface area contributed by atoms with E-state index >= 15 is 0 Å². The van der Waals surface area contributed by atoms with Crippen LogP contribution in [0, 0.1) is 0 Å². The van der Waals surface area contributed by atoms with E-state index in [0.717, 1.165) is 16.4 Å². The number of carbonyl (C=O) groups is 1. The second-order valence-corrected chi connectivity index (χ2v) is 4.32. The number of pyridine rings is 1. The zero-order chi connectivity index (χ0) is 11.4. The maximum absolute atomic E-state index is 10.6. The summed E-state index contributed by atoms with van der Waals surface area (Å²) in [7, 11) is 0. The zero-order valence-corrected chi connectivity index (χ0v) is 9.74. The SMILES string of the molecule is CC(=O)OCCSc1cccc2nccn12. The van der Waals surface area contributed by atoms with E-state index in [2.05, 4.69) is 4.98 Å². The second-order valence-electron chi connectivity index (χ2n) is 3.21. The molecule has 0 unspecified atom stereocenters. The number of carbonyl (C=O) groups excluding carboxylic acids is 1. The molecule has 0 saturated heterocycles. The van der Waals surface area contributed by atoms with Gasteiger partial charge in [-0.25, -0.2) is 4.98 Å². The van der Waals surface area contributed by atoms with Gasteiger partial charge in [0.05, 0.1) is 5.03 Å². The quantitative estimate of drug-likeness (QED) is 0.462. The lowest BCUT2D eigenvalue weighted by Crippen LogP contribution is -2.02. The van der Waals surface area contributed by atoms with Gasteiger partial charge in [0.25, 0.3) is 0 Å². The summed E-state index contributed by atoms with van der Waals surface area (Å²) in [5.74, 6) is 0.512. The number of hydrogen-bond acceptors (Lipinski definition) is 4. The third kappa shape index (κ3) is 2.55. The van der Waals surface area contributed by atoms with Gasteiger partial charge in [0.1, 0.15) is 12.3 Å². The maximum atomic E-state index is 10.6. The minimum absolute atomic E-state index is 0.235. The first kappa shape index (κ1) is 11.0. The zero-order valence-electron chi connectivity index (χ0n) is 8.92. The smallest absolute Gasteiger partial charge is 0.302 e. The van der Waals surface area contributed by atoms with Gasteiger partial charge in [0.2, 0.25) is 0 Å². The molecule has 2 rings (SSSR count). The Morgan fingerprint density at radius 3 is 3.25 bits per heavy atom.